The molecule has 2 aromatic heterocycles. The maximum Gasteiger partial charge on any atom is 0.416 e. The molecule has 144 valence electrons. The maximum absolute atomic E-state index is 12.9. The van der Waals surface area contributed by atoms with E-state index in [1.807, 2.05) is 6.92 Å². The Labute approximate surface area is 157 Å². The number of anilines is 1. The summed E-state index contributed by atoms with van der Waals surface area (Å²) in [5.74, 6) is -0.0920. The van der Waals surface area contributed by atoms with Crippen LogP contribution in [0.5, 0.6) is 5.88 Å². The highest BCUT2D eigenvalue weighted by Crippen LogP contribution is 2.32. The van der Waals surface area contributed by atoms with Crippen molar-refractivity contribution in [2.75, 3.05) is 18.1 Å². The molecule has 1 aromatic carbocycles. The number of amides is 1. The summed E-state index contributed by atoms with van der Waals surface area (Å²) in [5.41, 5.74) is 0.726. The third-order valence-corrected chi connectivity index (χ3v) is 4.21. The van der Waals surface area contributed by atoms with E-state index in [0.717, 1.165) is 22.4 Å². The minimum absolute atomic E-state index is 0.00627. The summed E-state index contributed by atoms with van der Waals surface area (Å²) in [6.07, 6.45) is -1.54. The second kappa shape index (κ2) is 6.63. The van der Waals surface area contributed by atoms with Crippen LogP contribution >= 0.6 is 0 Å². The highest BCUT2D eigenvalue weighted by molar-refractivity contribution is 6.05. The monoisotopic (exact) mass is 389 g/mol. The van der Waals surface area contributed by atoms with Crippen LogP contribution in [0.2, 0.25) is 0 Å². The molecule has 1 aliphatic heterocycles. The number of aromatic nitrogens is 4. The van der Waals surface area contributed by atoms with Crippen LogP contribution in [0, 0.1) is 6.92 Å². The third kappa shape index (κ3) is 3.28. The van der Waals surface area contributed by atoms with Crippen molar-refractivity contribution in [2.45, 2.75) is 13.1 Å². The Morgan fingerprint density at radius 1 is 1.25 bits per heavy atom. The second-order valence-electron chi connectivity index (χ2n) is 6.24. The third-order valence-electron chi connectivity index (χ3n) is 4.21. The molecule has 0 aliphatic carbocycles. The van der Waals surface area contributed by atoms with E-state index in [0.29, 0.717) is 18.1 Å². The molecule has 0 spiro atoms. The molecule has 0 atom stereocenters. The van der Waals surface area contributed by atoms with E-state index in [-0.39, 0.29) is 18.0 Å². The number of alkyl halides is 3. The lowest BCUT2D eigenvalue weighted by Crippen LogP contribution is -2.38. The first-order chi connectivity index (χ1) is 13.3. The summed E-state index contributed by atoms with van der Waals surface area (Å²) in [7, 11) is 0. The van der Waals surface area contributed by atoms with Crippen molar-refractivity contribution in [3.8, 4) is 11.6 Å². The molecule has 3 aromatic rings. The van der Waals surface area contributed by atoms with Crippen LogP contribution in [0.25, 0.3) is 5.69 Å². The zero-order chi connectivity index (χ0) is 19.9. The lowest BCUT2D eigenvalue weighted by Gasteiger charge is -2.28. The van der Waals surface area contributed by atoms with Gasteiger partial charge in [-0.2, -0.15) is 13.2 Å². The summed E-state index contributed by atoms with van der Waals surface area (Å²) in [6, 6.07) is 6.41. The number of pyridine rings is 1. The van der Waals surface area contributed by atoms with Crippen LogP contribution in [-0.2, 0) is 6.18 Å². The number of benzene rings is 1. The molecule has 0 fully saturated rings. The molecule has 0 radical (unpaired) electrons. The van der Waals surface area contributed by atoms with Crippen LogP contribution in [0.3, 0.4) is 0 Å². The van der Waals surface area contributed by atoms with Gasteiger partial charge in [0.1, 0.15) is 12.3 Å². The Morgan fingerprint density at radius 2 is 2.07 bits per heavy atom. The van der Waals surface area contributed by atoms with Crippen molar-refractivity contribution in [2.24, 2.45) is 0 Å². The number of carbonyl (C=O) groups excluding carboxylic acids is 1. The lowest BCUT2D eigenvalue weighted by atomic mass is 10.2. The number of nitrogens with zero attached hydrogens (tertiary/aromatic N) is 5. The van der Waals surface area contributed by atoms with Gasteiger partial charge in [0.05, 0.1) is 24.0 Å². The topological polar surface area (TPSA) is 73.1 Å². The van der Waals surface area contributed by atoms with Gasteiger partial charge in [-0.15, -0.1) is 5.10 Å². The van der Waals surface area contributed by atoms with Gasteiger partial charge < -0.3 is 4.74 Å². The fourth-order valence-electron chi connectivity index (χ4n) is 2.86. The molecule has 0 bridgehead atoms. The molecule has 4 rings (SSSR count). The standard InChI is InChI=1S/C18H14F3N5O2/c1-11-7-15-16(22-9-11)28-6-5-25(15)17(27)14-10-26(24-23-14)13-4-2-3-12(8-13)18(19,20)21/h2-4,7-10H,5-6H2,1H3. The average Bonchev–Trinajstić information content (AvgIpc) is 3.16. The van der Waals surface area contributed by atoms with Crippen LogP contribution in [0.1, 0.15) is 21.6 Å². The summed E-state index contributed by atoms with van der Waals surface area (Å²) in [4.78, 5) is 18.5. The molecule has 10 heteroatoms. The number of carbonyl (C=O) groups is 1. The molecule has 0 saturated carbocycles. The molecule has 0 saturated heterocycles. The molecule has 0 unspecified atom stereocenters. The van der Waals surface area contributed by atoms with E-state index < -0.39 is 17.6 Å². The van der Waals surface area contributed by atoms with Crippen molar-refractivity contribution in [3.05, 3.63) is 59.5 Å². The van der Waals surface area contributed by atoms with Gasteiger partial charge >= 0.3 is 6.18 Å². The Kier molecular flexibility index (Phi) is 4.25. The normalized spacial score (nSPS) is 13.8. The number of hydrogen-bond acceptors (Lipinski definition) is 5. The quantitative estimate of drug-likeness (QED) is 0.674. The Balaban J connectivity index is 1.64. The predicted octanol–water partition coefficient (Wildman–Crippen LogP) is 3.03. The molecular weight excluding hydrogens is 375 g/mol. The molecule has 0 N–H and O–H groups in total. The molecule has 1 aliphatic rings. The smallest absolute Gasteiger partial charge is 0.416 e. The van der Waals surface area contributed by atoms with Gasteiger partial charge in [0, 0.05) is 6.20 Å². The van der Waals surface area contributed by atoms with E-state index in [2.05, 4.69) is 15.3 Å². The summed E-state index contributed by atoms with van der Waals surface area (Å²) in [5, 5.41) is 7.64. The van der Waals surface area contributed by atoms with Crippen LogP contribution in [0.15, 0.2) is 42.7 Å². The molecule has 3 heterocycles. The summed E-state index contributed by atoms with van der Waals surface area (Å²) < 4.78 is 45.3. The van der Waals surface area contributed by atoms with Crippen LogP contribution in [-0.4, -0.2) is 39.0 Å². The lowest BCUT2D eigenvalue weighted by molar-refractivity contribution is -0.137. The molecule has 28 heavy (non-hydrogen) atoms. The van der Waals surface area contributed by atoms with Gasteiger partial charge in [-0.05, 0) is 36.8 Å². The van der Waals surface area contributed by atoms with Crippen molar-refractivity contribution in [1.29, 1.82) is 0 Å². The highest BCUT2D eigenvalue weighted by Gasteiger charge is 2.31. The Bertz CT molecular complexity index is 1050. The minimum atomic E-state index is -4.47. The number of hydrogen-bond donors (Lipinski definition) is 0. The van der Waals surface area contributed by atoms with Gasteiger partial charge in [-0.3, -0.25) is 9.69 Å². The van der Waals surface area contributed by atoms with Gasteiger partial charge in [0.15, 0.2) is 5.69 Å². The fourth-order valence-corrected chi connectivity index (χ4v) is 2.86. The first kappa shape index (κ1) is 18.0. The van der Waals surface area contributed by atoms with E-state index in [1.165, 1.54) is 23.2 Å². The second-order valence-corrected chi connectivity index (χ2v) is 6.24. The van der Waals surface area contributed by atoms with Crippen molar-refractivity contribution < 1.29 is 22.7 Å². The minimum Gasteiger partial charge on any atom is -0.474 e. The van der Waals surface area contributed by atoms with E-state index in [4.69, 9.17) is 4.74 Å². The highest BCUT2D eigenvalue weighted by atomic mass is 19.4. The SMILES string of the molecule is Cc1cnc2c(c1)N(C(=O)c1cn(-c3cccc(C(F)(F)F)c3)nn1)CCO2. The Hall–Kier alpha value is -3.43. The predicted molar refractivity (Wildman–Crippen MR) is 92.5 cm³/mol. The van der Waals surface area contributed by atoms with Crippen molar-refractivity contribution >= 4 is 11.6 Å². The Morgan fingerprint density at radius 3 is 2.86 bits per heavy atom. The van der Waals surface area contributed by atoms with Crippen molar-refractivity contribution in [3.63, 3.8) is 0 Å². The largest absolute Gasteiger partial charge is 0.474 e. The van der Waals surface area contributed by atoms with Gasteiger partial charge in [-0.25, -0.2) is 9.67 Å². The number of rotatable bonds is 2. The van der Waals surface area contributed by atoms with Crippen molar-refractivity contribution in [1.82, 2.24) is 20.0 Å². The van der Waals surface area contributed by atoms with Gasteiger partial charge in [0.25, 0.3) is 5.91 Å². The average molecular weight is 389 g/mol. The zero-order valence-corrected chi connectivity index (χ0v) is 14.6. The maximum atomic E-state index is 12.9. The first-order valence-electron chi connectivity index (χ1n) is 8.34. The van der Waals surface area contributed by atoms with E-state index in [9.17, 15) is 18.0 Å². The van der Waals surface area contributed by atoms with Crippen LogP contribution in [0.4, 0.5) is 18.9 Å². The van der Waals surface area contributed by atoms with Gasteiger partial charge in [0.2, 0.25) is 5.88 Å². The number of ether oxygens (including phenoxy) is 1. The molecular formula is C18H14F3N5O2. The molecule has 1 amide bonds. The van der Waals surface area contributed by atoms with E-state index in [1.54, 1.807) is 12.3 Å². The number of fused-ring (bicyclic) bond motifs is 1. The van der Waals surface area contributed by atoms with E-state index >= 15 is 0 Å². The van der Waals surface area contributed by atoms with Crippen LogP contribution < -0.4 is 9.64 Å². The molecule has 7 nitrogen and oxygen atoms in total. The fraction of sp³-hybridized carbons (Fsp3) is 0.222. The number of halogens is 3. The summed E-state index contributed by atoms with van der Waals surface area (Å²) >= 11 is 0. The summed E-state index contributed by atoms with van der Waals surface area (Å²) in [6.45, 7) is 2.42. The zero-order valence-electron chi connectivity index (χ0n) is 14.6. The van der Waals surface area contributed by atoms with Gasteiger partial charge in [-0.1, -0.05) is 11.3 Å². The number of aryl methyl sites for hydroxylation is 1. The first-order valence-corrected chi connectivity index (χ1v) is 8.34.